The lowest BCUT2D eigenvalue weighted by molar-refractivity contribution is -0.144. The highest BCUT2D eigenvalue weighted by Gasteiger charge is 2.47. The molecule has 1 aromatic heterocycles. The Kier molecular flexibility index (Phi) is 4.77. The maximum Gasteiger partial charge on any atom is 0.309 e. The predicted molar refractivity (Wildman–Crippen MR) is 98.8 cm³/mol. The molecule has 0 N–H and O–H groups in total. The van der Waals surface area contributed by atoms with Gasteiger partial charge in [0, 0.05) is 27.4 Å². The SMILES string of the molecule is CCOC(=O)[C@@H]1C[C@@H]1c1c(Cl)cc2c(cnn2[C@H]2CCCCO2)c1Br. The topological polar surface area (TPSA) is 53.3 Å². The first kappa shape index (κ1) is 17.3. The number of hydrogen-bond acceptors (Lipinski definition) is 4. The second-order valence-corrected chi connectivity index (χ2v) is 7.83. The molecule has 1 saturated carbocycles. The number of fused-ring (bicyclic) bond motifs is 1. The summed E-state index contributed by atoms with van der Waals surface area (Å²) < 4.78 is 13.8. The van der Waals surface area contributed by atoms with Crippen molar-refractivity contribution in [3.05, 3.63) is 27.3 Å². The van der Waals surface area contributed by atoms with Crippen LogP contribution in [0.1, 0.15) is 50.3 Å². The summed E-state index contributed by atoms with van der Waals surface area (Å²) in [5, 5.41) is 6.20. The average molecular weight is 428 g/mol. The van der Waals surface area contributed by atoms with Crippen LogP contribution >= 0.6 is 27.5 Å². The molecule has 0 spiro atoms. The fourth-order valence-corrected chi connectivity index (χ4v) is 4.91. The zero-order valence-electron chi connectivity index (χ0n) is 14.0. The van der Waals surface area contributed by atoms with Gasteiger partial charge in [0.1, 0.15) is 0 Å². The van der Waals surface area contributed by atoms with E-state index in [2.05, 4.69) is 21.0 Å². The second kappa shape index (κ2) is 6.89. The summed E-state index contributed by atoms with van der Waals surface area (Å²) in [4.78, 5) is 12.0. The molecule has 0 bridgehead atoms. The van der Waals surface area contributed by atoms with Crippen LogP contribution in [0.5, 0.6) is 0 Å². The van der Waals surface area contributed by atoms with Crippen LogP contribution in [0.2, 0.25) is 5.02 Å². The van der Waals surface area contributed by atoms with E-state index in [1.54, 1.807) is 0 Å². The van der Waals surface area contributed by atoms with Gasteiger partial charge in [0.2, 0.25) is 0 Å². The number of rotatable bonds is 4. The van der Waals surface area contributed by atoms with E-state index in [0.29, 0.717) is 11.6 Å². The summed E-state index contributed by atoms with van der Waals surface area (Å²) in [6.07, 6.45) is 5.79. The highest BCUT2D eigenvalue weighted by atomic mass is 79.9. The molecule has 2 heterocycles. The van der Waals surface area contributed by atoms with Crippen LogP contribution in [0.25, 0.3) is 10.9 Å². The van der Waals surface area contributed by atoms with Gasteiger partial charge in [-0.2, -0.15) is 5.10 Å². The van der Waals surface area contributed by atoms with Gasteiger partial charge in [-0.15, -0.1) is 0 Å². The van der Waals surface area contributed by atoms with E-state index in [4.69, 9.17) is 21.1 Å². The van der Waals surface area contributed by atoms with Crippen LogP contribution in [-0.2, 0) is 14.3 Å². The van der Waals surface area contributed by atoms with E-state index in [0.717, 1.165) is 53.2 Å². The van der Waals surface area contributed by atoms with Crippen LogP contribution in [0.15, 0.2) is 16.7 Å². The van der Waals surface area contributed by atoms with E-state index >= 15 is 0 Å². The molecule has 7 heteroatoms. The maximum atomic E-state index is 12.0. The lowest BCUT2D eigenvalue weighted by Crippen LogP contribution is -2.19. The van der Waals surface area contributed by atoms with Gasteiger partial charge in [-0.25, -0.2) is 4.68 Å². The number of carbonyl (C=O) groups is 1. The molecule has 0 amide bonds. The first-order valence-corrected chi connectivity index (χ1v) is 9.92. The number of aromatic nitrogens is 2. The smallest absolute Gasteiger partial charge is 0.309 e. The Bertz CT molecular complexity index is 816. The number of nitrogens with zero attached hydrogens (tertiary/aromatic N) is 2. The molecule has 134 valence electrons. The fourth-order valence-electron chi connectivity index (χ4n) is 3.64. The number of hydrogen-bond donors (Lipinski definition) is 0. The summed E-state index contributed by atoms with van der Waals surface area (Å²) in [6.45, 7) is 3.00. The van der Waals surface area contributed by atoms with Gasteiger partial charge in [-0.3, -0.25) is 4.79 Å². The summed E-state index contributed by atoms with van der Waals surface area (Å²) in [5.74, 6) is -0.121. The minimum absolute atomic E-state index is 0.0340. The lowest BCUT2D eigenvalue weighted by atomic mass is 10.1. The number of ether oxygens (including phenoxy) is 2. The summed E-state index contributed by atoms with van der Waals surface area (Å²) >= 11 is 10.3. The molecule has 2 aliphatic rings. The Morgan fingerprint density at radius 3 is 3.08 bits per heavy atom. The van der Waals surface area contributed by atoms with Crippen molar-refractivity contribution in [3.63, 3.8) is 0 Å². The van der Waals surface area contributed by atoms with Gasteiger partial charge in [0.15, 0.2) is 6.23 Å². The fraction of sp³-hybridized carbons (Fsp3) is 0.556. The average Bonchev–Trinajstić information content (AvgIpc) is 3.27. The van der Waals surface area contributed by atoms with E-state index in [-0.39, 0.29) is 24.0 Å². The van der Waals surface area contributed by atoms with E-state index in [1.807, 2.05) is 23.9 Å². The highest BCUT2D eigenvalue weighted by molar-refractivity contribution is 9.10. The van der Waals surface area contributed by atoms with Crippen molar-refractivity contribution < 1.29 is 14.3 Å². The third kappa shape index (κ3) is 3.09. The molecule has 2 fully saturated rings. The zero-order chi connectivity index (χ0) is 17.6. The monoisotopic (exact) mass is 426 g/mol. The molecule has 1 aliphatic carbocycles. The Hall–Kier alpha value is -1.11. The third-order valence-corrected chi connectivity index (χ3v) is 6.17. The van der Waals surface area contributed by atoms with Gasteiger partial charge < -0.3 is 9.47 Å². The first-order chi connectivity index (χ1) is 12.1. The largest absolute Gasteiger partial charge is 0.466 e. The molecule has 3 atom stereocenters. The van der Waals surface area contributed by atoms with Crippen molar-refractivity contribution in [2.24, 2.45) is 5.92 Å². The van der Waals surface area contributed by atoms with Gasteiger partial charge in [-0.1, -0.05) is 11.6 Å². The maximum absolute atomic E-state index is 12.0. The predicted octanol–water partition coefficient (Wildman–Crippen LogP) is 4.82. The third-order valence-electron chi connectivity index (χ3n) is 5.01. The summed E-state index contributed by atoms with van der Waals surface area (Å²) in [5.41, 5.74) is 1.94. The minimum Gasteiger partial charge on any atom is -0.466 e. The van der Waals surface area contributed by atoms with E-state index < -0.39 is 0 Å². The molecular formula is C18H20BrClN2O3. The number of halogens is 2. The highest BCUT2D eigenvalue weighted by Crippen LogP contribution is 2.54. The molecule has 4 rings (SSSR count). The molecule has 1 aliphatic heterocycles. The van der Waals surface area contributed by atoms with Crippen molar-refractivity contribution in [2.45, 2.75) is 44.8 Å². The number of carbonyl (C=O) groups excluding carboxylic acids is 1. The Balaban J connectivity index is 1.68. The molecular weight excluding hydrogens is 408 g/mol. The van der Waals surface area contributed by atoms with Gasteiger partial charge in [0.05, 0.1) is 24.2 Å². The normalized spacial score (nSPS) is 26.0. The van der Waals surface area contributed by atoms with Gasteiger partial charge in [0.25, 0.3) is 0 Å². The van der Waals surface area contributed by atoms with Crippen molar-refractivity contribution in [2.75, 3.05) is 13.2 Å². The standard InChI is InChI=1S/C18H20BrClN2O3/c1-2-24-18(23)11-7-10(11)16-13(20)8-14-12(17(16)19)9-21-22(14)15-5-3-4-6-25-15/h8-11,15H,2-7H2,1H3/t10-,11+,15+/m0/s1. The van der Waals surface area contributed by atoms with Crippen molar-refractivity contribution in [1.29, 1.82) is 0 Å². The van der Waals surface area contributed by atoms with Crippen LogP contribution in [-0.4, -0.2) is 29.0 Å². The second-order valence-electron chi connectivity index (χ2n) is 6.63. The van der Waals surface area contributed by atoms with E-state index in [1.165, 1.54) is 0 Å². The molecule has 0 unspecified atom stereocenters. The molecule has 5 nitrogen and oxygen atoms in total. The van der Waals surface area contributed by atoms with Crippen LogP contribution in [0.4, 0.5) is 0 Å². The van der Waals surface area contributed by atoms with Crippen LogP contribution in [0, 0.1) is 5.92 Å². The van der Waals surface area contributed by atoms with Crippen molar-refractivity contribution in [1.82, 2.24) is 9.78 Å². The van der Waals surface area contributed by atoms with Crippen molar-refractivity contribution >= 4 is 44.4 Å². The molecule has 0 radical (unpaired) electrons. The lowest BCUT2D eigenvalue weighted by Gasteiger charge is -2.23. The molecule has 25 heavy (non-hydrogen) atoms. The molecule has 1 saturated heterocycles. The number of esters is 1. The molecule has 2 aromatic rings. The quantitative estimate of drug-likeness (QED) is 0.657. The zero-order valence-corrected chi connectivity index (χ0v) is 16.3. The minimum atomic E-state index is -0.137. The Labute approximate surface area is 159 Å². The van der Waals surface area contributed by atoms with Gasteiger partial charge in [-0.05, 0) is 60.2 Å². The summed E-state index contributed by atoms with van der Waals surface area (Å²) in [6, 6.07) is 1.95. The summed E-state index contributed by atoms with van der Waals surface area (Å²) in [7, 11) is 0. The van der Waals surface area contributed by atoms with E-state index in [9.17, 15) is 4.79 Å². The van der Waals surface area contributed by atoms with Crippen molar-refractivity contribution in [3.8, 4) is 0 Å². The first-order valence-electron chi connectivity index (χ1n) is 8.75. The van der Waals surface area contributed by atoms with Gasteiger partial charge >= 0.3 is 5.97 Å². The van der Waals surface area contributed by atoms with Crippen LogP contribution < -0.4 is 0 Å². The Morgan fingerprint density at radius 2 is 2.36 bits per heavy atom. The molecule has 1 aromatic carbocycles. The van der Waals surface area contributed by atoms with Crippen LogP contribution in [0.3, 0.4) is 0 Å². The number of benzene rings is 1. The Morgan fingerprint density at radius 1 is 1.52 bits per heavy atom.